The summed E-state index contributed by atoms with van der Waals surface area (Å²) >= 11 is 0. The molecule has 2 aliphatic rings. The Balaban J connectivity index is 2.07. The van der Waals surface area contributed by atoms with E-state index in [9.17, 15) is 0 Å². The fourth-order valence-corrected chi connectivity index (χ4v) is 4.62. The summed E-state index contributed by atoms with van der Waals surface area (Å²) in [5.74, 6) is 0. The van der Waals surface area contributed by atoms with Crippen LogP contribution in [0.25, 0.3) is 0 Å². The van der Waals surface area contributed by atoms with Gasteiger partial charge in [0.25, 0.3) is 0 Å². The highest BCUT2D eigenvalue weighted by Crippen LogP contribution is 2.50. The lowest BCUT2D eigenvalue weighted by Gasteiger charge is -2.57. The third-order valence-electron chi connectivity index (χ3n) is 5.56. The second-order valence-corrected chi connectivity index (χ2v) is 7.06. The lowest BCUT2D eigenvalue weighted by molar-refractivity contribution is -0.00842. The number of piperidine rings is 1. The van der Waals surface area contributed by atoms with E-state index in [0.717, 1.165) is 6.42 Å². The molecule has 0 saturated carbocycles. The van der Waals surface area contributed by atoms with Crippen LogP contribution in [0.1, 0.15) is 44.2 Å². The van der Waals surface area contributed by atoms with E-state index in [2.05, 4.69) is 62.7 Å². The fraction of sp³-hybridized carbons (Fsp3) is 0.556. The van der Waals surface area contributed by atoms with E-state index in [-0.39, 0.29) is 5.54 Å². The molecule has 1 aliphatic heterocycles. The van der Waals surface area contributed by atoms with E-state index in [4.69, 9.17) is 0 Å². The molecule has 1 nitrogen and oxygen atoms in total. The van der Waals surface area contributed by atoms with Crippen LogP contribution in [0.3, 0.4) is 0 Å². The fourth-order valence-electron chi connectivity index (χ4n) is 4.62. The molecule has 3 atom stereocenters. The van der Waals surface area contributed by atoms with Gasteiger partial charge < -0.3 is 0 Å². The van der Waals surface area contributed by atoms with Crippen LogP contribution in [0, 0.1) is 0 Å². The van der Waals surface area contributed by atoms with Crippen LogP contribution in [0.2, 0.25) is 0 Å². The first-order valence-corrected chi connectivity index (χ1v) is 7.41. The molecular formula is C18H25N. The Morgan fingerprint density at radius 3 is 2.84 bits per heavy atom. The van der Waals surface area contributed by atoms with Crippen molar-refractivity contribution in [1.29, 1.82) is 0 Å². The Kier molecular flexibility index (Phi) is 2.86. The highest BCUT2D eigenvalue weighted by atomic mass is 15.2. The van der Waals surface area contributed by atoms with Crippen LogP contribution < -0.4 is 0 Å². The van der Waals surface area contributed by atoms with E-state index in [1.807, 2.05) is 0 Å². The lowest BCUT2D eigenvalue weighted by atomic mass is 9.59. The maximum atomic E-state index is 3.97. The van der Waals surface area contributed by atoms with Gasteiger partial charge in [-0.3, -0.25) is 4.90 Å². The predicted molar refractivity (Wildman–Crippen MR) is 81.5 cm³/mol. The van der Waals surface area contributed by atoms with Crippen LogP contribution in [0.4, 0.5) is 0 Å². The van der Waals surface area contributed by atoms with Gasteiger partial charge in [0.05, 0.1) is 0 Å². The molecule has 2 bridgehead atoms. The summed E-state index contributed by atoms with van der Waals surface area (Å²) in [6.45, 7) is 8.84. The first kappa shape index (κ1) is 12.9. The van der Waals surface area contributed by atoms with Crippen molar-refractivity contribution in [1.82, 2.24) is 4.90 Å². The smallest absolute Gasteiger partial charge is 0.0224 e. The summed E-state index contributed by atoms with van der Waals surface area (Å²) in [5, 5.41) is 0. The summed E-state index contributed by atoms with van der Waals surface area (Å²) in [6, 6.07) is 9.74. The van der Waals surface area contributed by atoms with E-state index in [0.29, 0.717) is 11.5 Å². The minimum absolute atomic E-state index is 0.257. The van der Waals surface area contributed by atoms with Crippen LogP contribution in [0.15, 0.2) is 36.9 Å². The summed E-state index contributed by atoms with van der Waals surface area (Å²) in [5.41, 5.74) is 3.75. The highest BCUT2D eigenvalue weighted by molar-refractivity contribution is 5.39. The molecule has 0 radical (unpaired) electrons. The second-order valence-electron chi connectivity index (χ2n) is 7.06. The van der Waals surface area contributed by atoms with Gasteiger partial charge in [-0.2, -0.15) is 0 Å². The molecule has 3 unspecified atom stereocenters. The predicted octanol–water partition coefficient (Wildman–Crippen LogP) is 3.93. The first-order chi connectivity index (χ1) is 8.98. The number of likely N-dealkylation sites (N-methyl/N-ethyl adjacent to an activating group) is 1. The summed E-state index contributed by atoms with van der Waals surface area (Å²) in [6.07, 6.45) is 6.91. The van der Waals surface area contributed by atoms with Crippen molar-refractivity contribution in [2.75, 3.05) is 7.05 Å². The molecule has 1 saturated heterocycles. The zero-order valence-electron chi connectivity index (χ0n) is 12.4. The van der Waals surface area contributed by atoms with Crippen molar-refractivity contribution < 1.29 is 0 Å². The van der Waals surface area contributed by atoms with E-state index in [1.54, 1.807) is 11.1 Å². The average molecular weight is 255 g/mol. The SMILES string of the molecule is C=CCC1(C)CC2(C)CC(Cc3ccccc32)N1C. The molecule has 0 aromatic heterocycles. The molecule has 3 rings (SSSR count). The number of nitrogens with zero attached hydrogens (tertiary/aromatic N) is 1. The number of hydrogen-bond donors (Lipinski definition) is 0. The normalized spacial score (nSPS) is 37.7. The zero-order valence-corrected chi connectivity index (χ0v) is 12.4. The van der Waals surface area contributed by atoms with Gasteiger partial charge >= 0.3 is 0 Å². The molecule has 1 fully saturated rings. The molecule has 0 N–H and O–H groups in total. The molecule has 19 heavy (non-hydrogen) atoms. The maximum Gasteiger partial charge on any atom is 0.0224 e. The second kappa shape index (κ2) is 4.21. The summed E-state index contributed by atoms with van der Waals surface area (Å²) in [4.78, 5) is 2.62. The topological polar surface area (TPSA) is 3.24 Å². The van der Waals surface area contributed by atoms with Crippen molar-refractivity contribution in [3.63, 3.8) is 0 Å². The molecule has 1 heteroatoms. The van der Waals surface area contributed by atoms with Gasteiger partial charge in [-0.1, -0.05) is 37.3 Å². The van der Waals surface area contributed by atoms with E-state index < -0.39 is 0 Å². The van der Waals surface area contributed by atoms with E-state index in [1.165, 1.54) is 19.3 Å². The Hall–Kier alpha value is -1.08. The number of benzene rings is 1. The number of hydrogen-bond acceptors (Lipinski definition) is 1. The van der Waals surface area contributed by atoms with Crippen molar-refractivity contribution in [3.05, 3.63) is 48.0 Å². The zero-order chi connectivity index (χ0) is 13.7. The Bertz CT molecular complexity index is 506. The first-order valence-electron chi connectivity index (χ1n) is 7.41. The Labute approximate surface area is 117 Å². The Morgan fingerprint density at radius 2 is 2.11 bits per heavy atom. The largest absolute Gasteiger partial charge is 0.297 e. The third-order valence-corrected chi connectivity index (χ3v) is 5.56. The van der Waals surface area contributed by atoms with Gasteiger partial charge in [0.1, 0.15) is 0 Å². The molecular weight excluding hydrogens is 230 g/mol. The lowest BCUT2D eigenvalue weighted by Crippen LogP contribution is -2.61. The monoisotopic (exact) mass is 255 g/mol. The number of rotatable bonds is 2. The van der Waals surface area contributed by atoms with Gasteiger partial charge in [0, 0.05) is 11.6 Å². The van der Waals surface area contributed by atoms with Crippen LogP contribution >= 0.6 is 0 Å². The molecule has 1 aliphatic carbocycles. The third kappa shape index (κ3) is 1.87. The molecule has 1 aromatic carbocycles. The van der Waals surface area contributed by atoms with Gasteiger partial charge in [0.15, 0.2) is 0 Å². The van der Waals surface area contributed by atoms with E-state index >= 15 is 0 Å². The minimum atomic E-state index is 0.257. The van der Waals surface area contributed by atoms with Crippen LogP contribution in [-0.4, -0.2) is 23.5 Å². The van der Waals surface area contributed by atoms with Crippen molar-refractivity contribution in [2.24, 2.45) is 0 Å². The van der Waals surface area contributed by atoms with Gasteiger partial charge in [0.2, 0.25) is 0 Å². The van der Waals surface area contributed by atoms with Crippen molar-refractivity contribution in [2.45, 2.75) is 56.5 Å². The van der Waals surface area contributed by atoms with Crippen molar-refractivity contribution in [3.8, 4) is 0 Å². The molecule has 0 spiro atoms. The Morgan fingerprint density at radius 1 is 1.37 bits per heavy atom. The molecule has 1 aromatic rings. The van der Waals surface area contributed by atoms with Crippen molar-refractivity contribution >= 4 is 0 Å². The quantitative estimate of drug-likeness (QED) is 0.724. The van der Waals surface area contributed by atoms with Gasteiger partial charge in [-0.05, 0) is 56.2 Å². The number of fused-ring (bicyclic) bond motifs is 4. The van der Waals surface area contributed by atoms with Crippen LogP contribution in [0.5, 0.6) is 0 Å². The standard InChI is InChI=1S/C18H25N/c1-5-10-18(3)13-17(2)12-15(19(18)4)11-14-8-6-7-9-16(14)17/h5-9,15H,1,10-13H2,2-4H3. The molecule has 1 heterocycles. The average Bonchev–Trinajstić information content (AvgIpc) is 2.36. The maximum absolute atomic E-state index is 3.97. The summed E-state index contributed by atoms with van der Waals surface area (Å²) < 4.78 is 0. The molecule has 0 amide bonds. The van der Waals surface area contributed by atoms with Gasteiger partial charge in [-0.15, -0.1) is 6.58 Å². The summed E-state index contributed by atoms with van der Waals surface area (Å²) in [7, 11) is 2.31. The minimum Gasteiger partial charge on any atom is -0.297 e. The highest BCUT2D eigenvalue weighted by Gasteiger charge is 2.50. The van der Waals surface area contributed by atoms with Crippen LogP contribution in [-0.2, 0) is 11.8 Å². The number of likely N-dealkylation sites (tertiary alicyclic amines) is 1. The molecule has 102 valence electrons. The van der Waals surface area contributed by atoms with Gasteiger partial charge in [-0.25, -0.2) is 0 Å².